The van der Waals surface area contributed by atoms with E-state index in [2.05, 4.69) is 35.2 Å². The minimum atomic E-state index is -0.405. The van der Waals surface area contributed by atoms with Crippen molar-refractivity contribution in [1.82, 2.24) is 9.97 Å². The van der Waals surface area contributed by atoms with Crippen LogP contribution in [0.4, 0.5) is 0 Å². The van der Waals surface area contributed by atoms with Gasteiger partial charge in [0.15, 0.2) is 0 Å². The predicted octanol–water partition coefficient (Wildman–Crippen LogP) is 0.347. The van der Waals surface area contributed by atoms with Crippen LogP contribution >= 0.6 is 25.3 Å². The molecule has 0 atom stereocenters. The van der Waals surface area contributed by atoms with E-state index in [1.807, 2.05) is 0 Å². The van der Waals surface area contributed by atoms with E-state index >= 15 is 0 Å². The van der Waals surface area contributed by atoms with Gasteiger partial charge in [-0.05, 0) is 0 Å². The van der Waals surface area contributed by atoms with Gasteiger partial charge in [0.05, 0.1) is 4.90 Å². The fourth-order valence-electron chi connectivity index (χ4n) is 0.380. The molecule has 0 aliphatic rings. The van der Waals surface area contributed by atoms with Crippen LogP contribution < -0.4 is 5.69 Å². The maximum atomic E-state index is 10.4. The molecule has 5 heteroatoms. The van der Waals surface area contributed by atoms with Crippen LogP contribution in [0.2, 0.25) is 0 Å². The minimum Gasteiger partial charge on any atom is -0.312 e. The fourth-order valence-corrected chi connectivity index (χ4v) is 0.650. The first-order chi connectivity index (χ1) is 4.20. The zero-order chi connectivity index (χ0) is 6.85. The van der Waals surface area contributed by atoms with Gasteiger partial charge >= 0.3 is 5.69 Å². The van der Waals surface area contributed by atoms with Crippen molar-refractivity contribution in [2.45, 2.75) is 9.92 Å². The normalized spacial score (nSPS) is 9.56. The second-order valence-corrected chi connectivity index (χ2v) is 2.32. The van der Waals surface area contributed by atoms with Gasteiger partial charge in [0.1, 0.15) is 5.03 Å². The van der Waals surface area contributed by atoms with E-state index < -0.39 is 5.69 Å². The predicted molar refractivity (Wildman–Crippen MR) is 39.4 cm³/mol. The van der Waals surface area contributed by atoms with Crippen LogP contribution in [0.25, 0.3) is 0 Å². The third-order valence-electron chi connectivity index (χ3n) is 0.769. The summed E-state index contributed by atoms with van der Waals surface area (Å²) < 4.78 is 0. The topological polar surface area (TPSA) is 45.8 Å². The van der Waals surface area contributed by atoms with Crippen LogP contribution in [0.5, 0.6) is 0 Å². The molecule has 3 nitrogen and oxygen atoms in total. The van der Waals surface area contributed by atoms with E-state index in [0.717, 1.165) is 0 Å². The summed E-state index contributed by atoms with van der Waals surface area (Å²) in [5.74, 6) is 0. The summed E-state index contributed by atoms with van der Waals surface area (Å²) in [6, 6.07) is 0. The van der Waals surface area contributed by atoms with E-state index in [-0.39, 0.29) is 0 Å². The second kappa shape index (κ2) is 2.45. The number of H-pyrrole nitrogens is 1. The molecule has 0 fully saturated rings. The summed E-state index contributed by atoms with van der Waals surface area (Å²) in [6.45, 7) is 0. The smallest absolute Gasteiger partial charge is 0.312 e. The monoisotopic (exact) mass is 160 g/mol. The van der Waals surface area contributed by atoms with Gasteiger partial charge < -0.3 is 4.98 Å². The van der Waals surface area contributed by atoms with Crippen molar-refractivity contribution >= 4 is 25.3 Å². The third kappa shape index (κ3) is 1.49. The van der Waals surface area contributed by atoms with E-state index in [0.29, 0.717) is 9.92 Å². The van der Waals surface area contributed by atoms with Crippen LogP contribution in [-0.4, -0.2) is 9.97 Å². The van der Waals surface area contributed by atoms with Gasteiger partial charge in [-0.15, -0.1) is 25.3 Å². The molecule has 9 heavy (non-hydrogen) atoms. The molecule has 0 unspecified atom stereocenters. The van der Waals surface area contributed by atoms with Crippen LogP contribution in [-0.2, 0) is 0 Å². The lowest BCUT2D eigenvalue weighted by Gasteiger charge is -1.90. The molecule has 48 valence electrons. The maximum absolute atomic E-state index is 10.4. The molecule has 0 saturated carbocycles. The molecule has 0 aromatic carbocycles. The summed E-state index contributed by atoms with van der Waals surface area (Å²) in [7, 11) is 0. The van der Waals surface area contributed by atoms with Gasteiger partial charge in [0.2, 0.25) is 0 Å². The molecule has 0 aliphatic heterocycles. The lowest BCUT2D eigenvalue weighted by Crippen LogP contribution is -2.09. The quantitative estimate of drug-likeness (QED) is 0.379. The number of aromatic nitrogens is 2. The average molecular weight is 160 g/mol. The van der Waals surface area contributed by atoms with Crippen molar-refractivity contribution in [3.63, 3.8) is 0 Å². The Morgan fingerprint density at radius 3 is 2.67 bits per heavy atom. The number of aromatic amines is 1. The molecule has 1 heterocycles. The molecule has 0 saturated heterocycles. The molecule has 0 spiro atoms. The van der Waals surface area contributed by atoms with Gasteiger partial charge in [-0.3, -0.25) is 0 Å². The molecule has 0 bridgehead atoms. The van der Waals surface area contributed by atoms with Crippen LogP contribution in [0, 0.1) is 0 Å². The van der Waals surface area contributed by atoms with Crippen molar-refractivity contribution in [2.24, 2.45) is 0 Å². The lowest BCUT2D eigenvalue weighted by molar-refractivity contribution is 0.916. The maximum Gasteiger partial charge on any atom is 0.346 e. The van der Waals surface area contributed by atoms with Crippen molar-refractivity contribution < 1.29 is 0 Å². The highest BCUT2D eigenvalue weighted by atomic mass is 32.1. The number of nitrogens with zero attached hydrogens (tertiary/aromatic N) is 1. The van der Waals surface area contributed by atoms with Crippen molar-refractivity contribution in [2.75, 3.05) is 0 Å². The van der Waals surface area contributed by atoms with Crippen molar-refractivity contribution in [3.8, 4) is 0 Å². The van der Waals surface area contributed by atoms with Crippen LogP contribution in [0.1, 0.15) is 0 Å². The number of rotatable bonds is 0. The Hall–Kier alpha value is -0.420. The zero-order valence-electron chi connectivity index (χ0n) is 4.33. The molecule has 1 aromatic rings. The van der Waals surface area contributed by atoms with Crippen molar-refractivity contribution in [3.05, 3.63) is 16.7 Å². The summed E-state index contributed by atoms with van der Waals surface area (Å²) in [4.78, 5) is 16.8. The average Bonchev–Trinajstić information content (AvgIpc) is 1.80. The molecular weight excluding hydrogens is 156 g/mol. The molecule has 0 amide bonds. The Balaban J connectivity index is 3.34. The first-order valence-corrected chi connectivity index (χ1v) is 3.07. The van der Waals surface area contributed by atoms with Gasteiger partial charge in [-0.2, -0.15) is 4.98 Å². The standard InChI is InChI=1S/C4H4N2OS2/c7-4-5-1-2(8)3(9)6-4/h1,8H,(H2,5,6,7,9). The summed E-state index contributed by atoms with van der Waals surface area (Å²) in [5, 5.41) is 0.349. The van der Waals surface area contributed by atoms with E-state index in [4.69, 9.17) is 0 Å². The molecule has 0 aliphatic carbocycles. The molecule has 1 aromatic heterocycles. The molecule has 0 radical (unpaired) electrons. The Morgan fingerprint density at radius 1 is 1.56 bits per heavy atom. The highest BCUT2D eigenvalue weighted by Crippen LogP contribution is 2.09. The SMILES string of the molecule is O=c1nc(S)c(S)c[nH]1. The van der Waals surface area contributed by atoms with Gasteiger partial charge in [-0.25, -0.2) is 4.79 Å². The largest absolute Gasteiger partial charge is 0.346 e. The summed E-state index contributed by atoms with van der Waals surface area (Å²) >= 11 is 7.80. The molecule has 1 N–H and O–H groups in total. The van der Waals surface area contributed by atoms with Crippen molar-refractivity contribution in [1.29, 1.82) is 0 Å². The molecule has 1 rings (SSSR count). The van der Waals surface area contributed by atoms with Gasteiger partial charge in [0, 0.05) is 6.20 Å². The first-order valence-electron chi connectivity index (χ1n) is 2.18. The van der Waals surface area contributed by atoms with Crippen LogP contribution in [0.15, 0.2) is 20.9 Å². The summed E-state index contributed by atoms with van der Waals surface area (Å²) in [5.41, 5.74) is -0.405. The number of nitrogens with one attached hydrogen (secondary N) is 1. The zero-order valence-corrected chi connectivity index (χ0v) is 6.12. The Morgan fingerprint density at radius 2 is 2.22 bits per heavy atom. The summed E-state index contributed by atoms with van der Waals surface area (Å²) in [6.07, 6.45) is 1.45. The first kappa shape index (κ1) is 6.70. The van der Waals surface area contributed by atoms with E-state index in [9.17, 15) is 4.79 Å². The molecular formula is C4H4N2OS2. The van der Waals surface area contributed by atoms with E-state index in [1.54, 1.807) is 0 Å². The van der Waals surface area contributed by atoms with Gasteiger partial charge in [0.25, 0.3) is 0 Å². The Labute approximate surface area is 62.3 Å². The van der Waals surface area contributed by atoms with Crippen LogP contribution in [0.3, 0.4) is 0 Å². The number of hydrogen-bond acceptors (Lipinski definition) is 4. The van der Waals surface area contributed by atoms with E-state index in [1.165, 1.54) is 6.20 Å². The Bertz CT molecular complexity index is 270. The number of thiol groups is 2. The highest BCUT2D eigenvalue weighted by molar-refractivity contribution is 7.83. The minimum absolute atomic E-state index is 0.349. The number of hydrogen-bond donors (Lipinski definition) is 3. The second-order valence-electron chi connectivity index (χ2n) is 1.41. The highest BCUT2D eigenvalue weighted by Gasteiger charge is 1.92. The fraction of sp³-hybridized carbons (Fsp3) is 0. The van der Waals surface area contributed by atoms with Gasteiger partial charge in [-0.1, -0.05) is 0 Å². The Kier molecular flexibility index (Phi) is 1.82. The lowest BCUT2D eigenvalue weighted by atomic mass is 10.7. The third-order valence-corrected chi connectivity index (χ3v) is 1.63.